The summed E-state index contributed by atoms with van der Waals surface area (Å²) >= 11 is 0. The predicted octanol–water partition coefficient (Wildman–Crippen LogP) is 2.24. The Kier molecular flexibility index (Phi) is 1.40. The maximum Gasteiger partial charge on any atom is 0.214 e. The molecule has 0 bridgehead atoms. The molecule has 0 spiro atoms. The lowest BCUT2D eigenvalue weighted by molar-refractivity contribution is 0.229. The minimum absolute atomic E-state index is 0.137. The largest absolute Gasteiger partial charge is 0.470 e. The fraction of sp³-hybridized carbons (Fsp3) is 0.222. The molecule has 12 heavy (non-hydrogen) atoms. The summed E-state index contributed by atoms with van der Waals surface area (Å²) in [5.74, 6) is -0.142. The zero-order valence-electron chi connectivity index (χ0n) is 6.60. The van der Waals surface area contributed by atoms with Crippen LogP contribution in [0, 0.1) is 11.2 Å². The Hall–Kier alpha value is -1.38. The highest BCUT2D eigenvalue weighted by Gasteiger charge is 2.24. The lowest BCUT2D eigenvalue weighted by Gasteiger charge is -2.01. The smallest absolute Gasteiger partial charge is 0.214 e. The summed E-state index contributed by atoms with van der Waals surface area (Å²) in [5, 5.41) is 7.39. The molecule has 1 aliphatic rings. The van der Waals surface area contributed by atoms with E-state index in [0.717, 1.165) is 5.56 Å². The van der Waals surface area contributed by atoms with Crippen molar-refractivity contribution in [3.63, 3.8) is 0 Å². The molecular formula is C9H8FNO. The van der Waals surface area contributed by atoms with Gasteiger partial charge in [-0.05, 0) is 25.1 Å². The Balaban J connectivity index is 2.60. The van der Waals surface area contributed by atoms with Crippen LogP contribution in [0.25, 0.3) is 0 Å². The van der Waals surface area contributed by atoms with E-state index in [2.05, 4.69) is 0 Å². The molecule has 0 saturated heterocycles. The molecule has 0 aromatic heterocycles. The third-order valence-corrected chi connectivity index (χ3v) is 1.99. The number of benzene rings is 1. The zero-order chi connectivity index (χ0) is 8.72. The highest BCUT2D eigenvalue weighted by molar-refractivity contribution is 5.95. The van der Waals surface area contributed by atoms with Crippen molar-refractivity contribution in [2.24, 2.45) is 0 Å². The van der Waals surface area contributed by atoms with E-state index < -0.39 is 0 Å². The topological polar surface area (TPSA) is 33.1 Å². The fourth-order valence-corrected chi connectivity index (χ4v) is 1.38. The SMILES string of the molecule is CC1OC(=N)c2ccc(F)cc21. The third kappa shape index (κ3) is 0.897. The van der Waals surface area contributed by atoms with E-state index in [0.29, 0.717) is 5.56 Å². The van der Waals surface area contributed by atoms with E-state index in [1.165, 1.54) is 12.1 Å². The molecule has 0 amide bonds. The second-order valence-electron chi connectivity index (χ2n) is 2.82. The number of hydrogen-bond donors (Lipinski definition) is 1. The van der Waals surface area contributed by atoms with Crippen molar-refractivity contribution >= 4 is 5.90 Å². The van der Waals surface area contributed by atoms with E-state index >= 15 is 0 Å². The van der Waals surface area contributed by atoms with Crippen molar-refractivity contribution in [1.29, 1.82) is 5.41 Å². The highest BCUT2D eigenvalue weighted by atomic mass is 19.1. The summed E-state index contributed by atoms with van der Waals surface area (Å²) in [7, 11) is 0. The van der Waals surface area contributed by atoms with Crippen molar-refractivity contribution < 1.29 is 9.13 Å². The number of ether oxygens (including phenoxy) is 1. The summed E-state index contributed by atoms with van der Waals surface area (Å²) < 4.78 is 17.8. The molecule has 1 aromatic carbocycles. The number of hydrogen-bond acceptors (Lipinski definition) is 2. The standard InChI is InChI=1S/C9H8FNO/c1-5-8-4-6(10)2-3-7(8)9(11)12-5/h2-5,11H,1H3. The predicted molar refractivity (Wildman–Crippen MR) is 42.7 cm³/mol. The lowest BCUT2D eigenvalue weighted by atomic mass is 10.1. The van der Waals surface area contributed by atoms with Crippen LogP contribution < -0.4 is 0 Å². The maximum atomic E-state index is 12.7. The minimum Gasteiger partial charge on any atom is -0.470 e. The average Bonchev–Trinajstić information content (AvgIpc) is 2.28. The van der Waals surface area contributed by atoms with E-state index in [1.54, 1.807) is 13.0 Å². The van der Waals surface area contributed by atoms with Crippen molar-refractivity contribution in [2.75, 3.05) is 0 Å². The molecule has 1 aromatic rings. The Morgan fingerprint density at radius 1 is 1.50 bits per heavy atom. The first kappa shape index (κ1) is 7.28. The molecule has 62 valence electrons. The maximum absolute atomic E-state index is 12.7. The summed E-state index contributed by atoms with van der Waals surface area (Å²) in [6.45, 7) is 1.81. The molecule has 0 radical (unpaired) electrons. The Morgan fingerprint density at radius 2 is 2.25 bits per heavy atom. The summed E-state index contributed by atoms with van der Waals surface area (Å²) in [4.78, 5) is 0. The number of fused-ring (bicyclic) bond motifs is 1. The molecule has 1 aliphatic heterocycles. The first-order valence-electron chi connectivity index (χ1n) is 3.73. The normalized spacial score (nSPS) is 20.5. The van der Waals surface area contributed by atoms with Gasteiger partial charge < -0.3 is 4.74 Å². The summed E-state index contributed by atoms with van der Waals surface area (Å²) in [5.41, 5.74) is 1.46. The van der Waals surface area contributed by atoms with Crippen LogP contribution in [0.5, 0.6) is 0 Å². The third-order valence-electron chi connectivity index (χ3n) is 1.99. The van der Waals surface area contributed by atoms with Gasteiger partial charge >= 0.3 is 0 Å². The van der Waals surface area contributed by atoms with Crippen LogP contribution in [0.1, 0.15) is 24.2 Å². The molecule has 2 rings (SSSR count). The first-order valence-corrected chi connectivity index (χ1v) is 3.73. The number of rotatable bonds is 0. The van der Waals surface area contributed by atoms with E-state index in [4.69, 9.17) is 10.1 Å². The minimum atomic E-state index is -0.279. The average molecular weight is 165 g/mol. The molecule has 0 aliphatic carbocycles. The molecule has 0 saturated carbocycles. The monoisotopic (exact) mass is 165 g/mol. The van der Waals surface area contributed by atoms with Crippen molar-refractivity contribution in [3.8, 4) is 0 Å². The lowest BCUT2D eigenvalue weighted by Crippen LogP contribution is -1.94. The van der Waals surface area contributed by atoms with E-state index in [1.807, 2.05) is 0 Å². The van der Waals surface area contributed by atoms with Gasteiger partial charge in [-0.2, -0.15) is 0 Å². The van der Waals surface area contributed by atoms with E-state index in [-0.39, 0.29) is 17.8 Å². The first-order chi connectivity index (χ1) is 5.68. The van der Waals surface area contributed by atoms with Gasteiger partial charge in [0.2, 0.25) is 5.90 Å². The quantitative estimate of drug-likeness (QED) is 0.628. The van der Waals surface area contributed by atoms with Crippen LogP contribution in [-0.2, 0) is 4.74 Å². The Labute approximate surface area is 69.5 Å². The van der Waals surface area contributed by atoms with Crippen molar-refractivity contribution in [2.45, 2.75) is 13.0 Å². The summed E-state index contributed by atoms with van der Waals surface area (Å²) in [6, 6.07) is 4.34. The molecule has 1 unspecified atom stereocenters. The Morgan fingerprint density at radius 3 is 3.00 bits per heavy atom. The number of nitrogens with one attached hydrogen (secondary N) is 1. The van der Waals surface area contributed by atoms with Crippen LogP contribution in [0.4, 0.5) is 4.39 Å². The van der Waals surface area contributed by atoms with E-state index in [9.17, 15) is 4.39 Å². The Bertz CT molecular complexity index is 348. The van der Waals surface area contributed by atoms with Gasteiger partial charge in [0.25, 0.3) is 0 Å². The van der Waals surface area contributed by atoms with Gasteiger partial charge in [-0.25, -0.2) is 4.39 Å². The summed E-state index contributed by atoms with van der Waals surface area (Å²) in [6.07, 6.45) is -0.191. The van der Waals surface area contributed by atoms with Gasteiger partial charge in [-0.15, -0.1) is 0 Å². The molecule has 1 N–H and O–H groups in total. The molecule has 2 nitrogen and oxygen atoms in total. The van der Waals surface area contributed by atoms with Gasteiger partial charge in [0.15, 0.2) is 0 Å². The zero-order valence-corrected chi connectivity index (χ0v) is 6.60. The van der Waals surface area contributed by atoms with Crippen LogP contribution in [0.2, 0.25) is 0 Å². The van der Waals surface area contributed by atoms with Gasteiger partial charge in [0, 0.05) is 11.1 Å². The second kappa shape index (κ2) is 2.30. The molecule has 1 heterocycles. The highest BCUT2D eigenvalue weighted by Crippen LogP contribution is 2.30. The van der Waals surface area contributed by atoms with Crippen LogP contribution in [0.15, 0.2) is 18.2 Å². The van der Waals surface area contributed by atoms with Crippen LogP contribution >= 0.6 is 0 Å². The van der Waals surface area contributed by atoms with Gasteiger partial charge in [0.1, 0.15) is 11.9 Å². The molecule has 3 heteroatoms. The van der Waals surface area contributed by atoms with Gasteiger partial charge in [-0.1, -0.05) is 0 Å². The fourth-order valence-electron chi connectivity index (χ4n) is 1.38. The second-order valence-corrected chi connectivity index (χ2v) is 2.82. The molecule has 1 atom stereocenters. The molecular weight excluding hydrogens is 157 g/mol. The van der Waals surface area contributed by atoms with Crippen LogP contribution in [0.3, 0.4) is 0 Å². The van der Waals surface area contributed by atoms with Crippen LogP contribution in [-0.4, -0.2) is 5.90 Å². The molecule has 0 fully saturated rings. The van der Waals surface area contributed by atoms with Gasteiger partial charge in [0.05, 0.1) is 0 Å². The van der Waals surface area contributed by atoms with Crippen molar-refractivity contribution in [3.05, 3.63) is 35.1 Å². The number of halogens is 1. The van der Waals surface area contributed by atoms with Gasteiger partial charge in [-0.3, -0.25) is 5.41 Å². The van der Waals surface area contributed by atoms with Crippen molar-refractivity contribution in [1.82, 2.24) is 0 Å².